The summed E-state index contributed by atoms with van der Waals surface area (Å²) in [6, 6.07) is 0. The molecule has 1 aliphatic rings. The molecule has 108 valence electrons. The van der Waals surface area contributed by atoms with E-state index < -0.39 is 0 Å². The number of rotatable bonds is 5. The molecule has 2 atom stereocenters. The smallest absolute Gasteiger partial charge is 0.197 e. The Kier molecular flexibility index (Phi) is 4.87. The molecule has 1 saturated carbocycles. The molecule has 2 rings (SSSR count). The zero-order valence-corrected chi connectivity index (χ0v) is 12.4. The highest BCUT2D eigenvalue weighted by molar-refractivity contribution is 7.11. The van der Waals surface area contributed by atoms with Crippen molar-refractivity contribution in [3.63, 3.8) is 0 Å². The molecule has 0 bridgehead atoms. The maximum atomic E-state index is 9.67. The van der Waals surface area contributed by atoms with E-state index in [0.717, 1.165) is 30.8 Å². The van der Waals surface area contributed by atoms with Gasteiger partial charge >= 0.3 is 0 Å². The summed E-state index contributed by atoms with van der Waals surface area (Å²) in [4.78, 5) is 0. The van der Waals surface area contributed by atoms with Crippen LogP contribution in [-0.2, 0) is 0 Å². The van der Waals surface area contributed by atoms with Crippen molar-refractivity contribution < 1.29 is 9.84 Å². The zero-order valence-electron chi connectivity index (χ0n) is 11.6. The van der Waals surface area contributed by atoms with Gasteiger partial charge in [0.25, 0.3) is 0 Å². The molecule has 1 heterocycles. The number of ether oxygens (including phenoxy) is 1. The summed E-state index contributed by atoms with van der Waals surface area (Å²) in [7, 11) is 0. The van der Waals surface area contributed by atoms with Gasteiger partial charge in [0.15, 0.2) is 16.6 Å². The lowest BCUT2D eigenvalue weighted by atomic mass is 9.87. The van der Waals surface area contributed by atoms with Crippen LogP contribution in [0.2, 0.25) is 0 Å². The van der Waals surface area contributed by atoms with E-state index in [9.17, 15) is 5.11 Å². The van der Waals surface area contributed by atoms with Crippen LogP contribution in [0, 0.1) is 5.92 Å². The molecule has 1 fully saturated rings. The number of nitrogen functional groups attached to an aromatic ring is 1. The number of nitrogens with one attached hydrogen (secondary N) is 1. The molecule has 0 amide bonds. The fourth-order valence-corrected chi connectivity index (χ4v) is 3.10. The van der Waals surface area contributed by atoms with Crippen LogP contribution in [-0.4, -0.2) is 28.2 Å². The molecule has 1 aromatic heterocycles. The summed E-state index contributed by atoms with van der Waals surface area (Å²) >= 11 is 1.33. The van der Waals surface area contributed by atoms with Crippen LogP contribution in [0.5, 0.6) is 5.75 Å². The highest BCUT2D eigenvalue weighted by atomic mass is 32.1. The van der Waals surface area contributed by atoms with Gasteiger partial charge in [-0.3, -0.25) is 0 Å². The van der Waals surface area contributed by atoms with Crippen molar-refractivity contribution in [3.8, 4) is 5.75 Å². The monoisotopic (exact) mass is 285 g/mol. The van der Waals surface area contributed by atoms with Crippen LogP contribution >= 0.6 is 11.5 Å². The minimum absolute atomic E-state index is 0.0794. The summed E-state index contributed by atoms with van der Waals surface area (Å²) in [5.74, 6) is 1.63. The standard InChI is InChI=1S/C13H23N3O2S/c1-8(2)18-11-12(14)16-19-13(11)15-7-9-4-3-5-10(17)6-9/h8-10,15,17H,3-7H2,1-2H3,(H2,14,16). The van der Waals surface area contributed by atoms with E-state index in [1.807, 2.05) is 13.8 Å². The second-order valence-electron chi connectivity index (χ2n) is 5.46. The minimum atomic E-state index is -0.140. The van der Waals surface area contributed by atoms with Crippen molar-refractivity contribution in [3.05, 3.63) is 0 Å². The maximum absolute atomic E-state index is 9.67. The number of aromatic nitrogens is 1. The lowest BCUT2D eigenvalue weighted by Crippen LogP contribution is -2.25. The Balaban J connectivity index is 1.92. The highest BCUT2D eigenvalue weighted by Crippen LogP contribution is 2.36. The molecule has 19 heavy (non-hydrogen) atoms. The van der Waals surface area contributed by atoms with Gasteiger partial charge in [0.2, 0.25) is 0 Å². The van der Waals surface area contributed by atoms with Crippen LogP contribution in [0.3, 0.4) is 0 Å². The van der Waals surface area contributed by atoms with Crippen LogP contribution in [0.1, 0.15) is 39.5 Å². The summed E-state index contributed by atoms with van der Waals surface area (Å²) in [6.45, 7) is 4.78. The van der Waals surface area contributed by atoms with E-state index in [4.69, 9.17) is 10.5 Å². The molecule has 4 N–H and O–H groups in total. The van der Waals surface area contributed by atoms with E-state index in [2.05, 4.69) is 9.69 Å². The van der Waals surface area contributed by atoms with Crippen molar-refractivity contribution in [2.75, 3.05) is 17.6 Å². The van der Waals surface area contributed by atoms with Crippen molar-refractivity contribution >= 4 is 22.4 Å². The molecule has 0 radical (unpaired) electrons. The number of aliphatic hydroxyl groups excluding tert-OH is 1. The number of hydrogen-bond acceptors (Lipinski definition) is 6. The van der Waals surface area contributed by atoms with Crippen molar-refractivity contribution in [2.45, 2.75) is 51.7 Å². The zero-order chi connectivity index (χ0) is 13.8. The predicted octanol–water partition coefficient (Wildman–Crippen LogP) is 2.48. The number of anilines is 2. The Morgan fingerprint density at radius 3 is 3.00 bits per heavy atom. The van der Waals surface area contributed by atoms with Gasteiger partial charge in [-0.05, 0) is 50.6 Å². The fourth-order valence-electron chi connectivity index (χ4n) is 2.44. The van der Waals surface area contributed by atoms with Crippen LogP contribution in [0.25, 0.3) is 0 Å². The van der Waals surface area contributed by atoms with Gasteiger partial charge < -0.3 is 20.9 Å². The number of nitrogens with two attached hydrogens (primary N) is 1. The first kappa shape index (κ1) is 14.4. The first-order valence-electron chi connectivity index (χ1n) is 6.90. The third-order valence-corrected chi connectivity index (χ3v) is 4.13. The summed E-state index contributed by atoms with van der Waals surface area (Å²) in [5.41, 5.74) is 5.81. The largest absolute Gasteiger partial charge is 0.484 e. The summed E-state index contributed by atoms with van der Waals surface area (Å²) in [5, 5.41) is 13.9. The SMILES string of the molecule is CC(C)Oc1c(N)nsc1NCC1CCCC(O)C1. The predicted molar refractivity (Wildman–Crippen MR) is 78.7 cm³/mol. The molecule has 5 nitrogen and oxygen atoms in total. The maximum Gasteiger partial charge on any atom is 0.197 e. The molecule has 6 heteroatoms. The molecular weight excluding hydrogens is 262 g/mol. The van der Waals surface area contributed by atoms with Crippen molar-refractivity contribution in [1.29, 1.82) is 0 Å². The lowest BCUT2D eigenvalue weighted by molar-refractivity contribution is 0.105. The second kappa shape index (κ2) is 6.43. The van der Waals surface area contributed by atoms with E-state index in [1.54, 1.807) is 0 Å². The fraction of sp³-hybridized carbons (Fsp3) is 0.769. The van der Waals surface area contributed by atoms with Crippen LogP contribution in [0.15, 0.2) is 0 Å². The first-order valence-corrected chi connectivity index (χ1v) is 7.67. The quantitative estimate of drug-likeness (QED) is 0.774. The topological polar surface area (TPSA) is 80.4 Å². The molecule has 0 aliphatic heterocycles. The van der Waals surface area contributed by atoms with Gasteiger partial charge in [-0.1, -0.05) is 6.42 Å². The number of nitrogens with zero attached hydrogens (tertiary/aromatic N) is 1. The Labute approximate surface area is 118 Å². The Hall–Kier alpha value is -1.01. The number of hydrogen-bond donors (Lipinski definition) is 3. The highest BCUT2D eigenvalue weighted by Gasteiger charge is 2.21. The lowest BCUT2D eigenvalue weighted by Gasteiger charge is -2.26. The Bertz CT molecular complexity index is 409. The average Bonchev–Trinajstić information content (AvgIpc) is 2.68. The molecule has 1 aliphatic carbocycles. The van der Waals surface area contributed by atoms with E-state index in [0.29, 0.717) is 17.5 Å². The van der Waals surface area contributed by atoms with Crippen LogP contribution in [0.4, 0.5) is 10.8 Å². The third-order valence-electron chi connectivity index (χ3n) is 3.33. The molecule has 0 aromatic carbocycles. The van der Waals surface area contributed by atoms with Crippen molar-refractivity contribution in [2.24, 2.45) is 5.92 Å². The normalized spacial score (nSPS) is 23.6. The number of aliphatic hydroxyl groups is 1. The minimum Gasteiger partial charge on any atom is -0.484 e. The van der Waals surface area contributed by atoms with Gasteiger partial charge in [0.05, 0.1) is 12.2 Å². The summed E-state index contributed by atoms with van der Waals surface area (Å²) in [6.07, 6.45) is 4.02. The summed E-state index contributed by atoms with van der Waals surface area (Å²) < 4.78 is 9.82. The van der Waals surface area contributed by atoms with Gasteiger partial charge in [-0.2, -0.15) is 4.37 Å². The Morgan fingerprint density at radius 1 is 1.53 bits per heavy atom. The molecule has 0 saturated heterocycles. The van der Waals surface area contributed by atoms with Gasteiger partial charge in [-0.15, -0.1) is 0 Å². The van der Waals surface area contributed by atoms with E-state index in [-0.39, 0.29) is 12.2 Å². The second-order valence-corrected chi connectivity index (χ2v) is 6.23. The Morgan fingerprint density at radius 2 is 2.32 bits per heavy atom. The molecule has 0 spiro atoms. The third kappa shape index (κ3) is 3.98. The van der Waals surface area contributed by atoms with E-state index >= 15 is 0 Å². The van der Waals surface area contributed by atoms with Crippen molar-refractivity contribution in [1.82, 2.24) is 4.37 Å². The van der Waals surface area contributed by atoms with E-state index in [1.165, 1.54) is 18.0 Å². The molecular formula is C13H23N3O2S. The van der Waals surface area contributed by atoms with Gasteiger partial charge in [-0.25, -0.2) is 0 Å². The molecule has 1 aromatic rings. The van der Waals surface area contributed by atoms with Gasteiger partial charge in [0, 0.05) is 6.54 Å². The first-order chi connectivity index (χ1) is 9.06. The van der Waals surface area contributed by atoms with Crippen LogP contribution < -0.4 is 15.8 Å². The van der Waals surface area contributed by atoms with Gasteiger partial charge in [0.1, 0.15) is 0 Å². The molecule has 2 unspecified atom stereocenters. The average molecular weight is 285 g/mol.